The van der Waals surface area contributed by atoms with Gasteiger partial charge in [-0.1, -0.05) is 35.0 Å². The SMILES string of the molecule is C=CCN(C(=O)[C@H]1[C@H]2C(=O)N([C@@H](CC)CO)C(C(=O)N(CC=C)C(C)C)C23CC(Br)[C@@H]1S3)c1ccc(OCC)cc1. The quantitative estimate of drug-likeness (QED) is 0.254. The lowest BCUT2D eigenvalue weighted by Crippen LogP contribution is -2.58. The number of nitrogens with zero attached hydrogens (tertiary/aromatic N) is 3. The molecule has 3 aliphatic rings. The highest BCUT2D eigenvalue weighted by molar-refractivity contribution is 9.09. The van der Waals surface area contributed by atoms with Crippen LogP contribution in [0.25, 0.3) is 0 Å². The number of likely N-dealkylation sites (tertiary alicyclic amines) is 1. The molecule has 0 aliphatic carbocycles. The van der Waals surface area contributed by atoms with Gasteiger partial charge in [0, 0.05) is 34.9 Å². The molecular weight excluding hydrogens is 606 g/mol. The molecule has 1 spiro atoms. The number of aliphatic hydroxyl groups excluding tert-OH is 1. The second kappa shape index (κ2) is 12.9. The van der Waals surface area contributed by atoms with Crippen LogP contribution >= 0.6 is 27.7 Å². The monoisotopic (exact) mass is 647 g/mol. The first kappa shape index (κ1) is 31.6. The van der Waals surface area contributed by atoms with E-state index in [1.807, 2.05) is 52.0 Å². The van der Waals surface area contributed by atoms with Crippen LogP contribution in [0.1, 0.15) is 40.5 Å². The van der Waals surface area contributed by atoms with Crippen LogP contribution in [0.5, 0.6) is 5.75 Å². The minimum absolute atomic E-state index is 0.0484. The number of halogens is 1. The molecule has 8 nitrogen and oxygen atoms in total. The maximum Gasteiger partial charge on any atom is 0.247 e. The summed E-state index contributed by atoms with van der Waals surface area (Å²) in [6.45, 7) is 16.4. The van der Waals surface area contributed by atoms with Crippen LogP contribution in [0, 0.1) is 11.8 Å². The third-order valence-corrected chi connectivity index (χ3v) is 11.8. The maximum atomic E-state index is 14.5. The normalized spacial score (nSPS) is 28.9. The number of carbonyl (C=O) groups is 3. The summed E-state index contributed by atoms with van der Waals surface area (Å²) in [5.74, 6) is -1.14. The Labute approximate surface area is 256 Å². The van der Waals surface area contributed by atoms with Gasteiger partial charge in [-0.25, -0.2) is 0 Å². The van der Waals surface area contributed by atoms with Gasteiger partial charge in [-0.15, -0.1) is 24.9 Å². The van der Waals surface area contributed by atoms with Crippen LogP contribution in [0.2, 0.25) is 0 Å². The lowest BCUT2D eigenvalue weighted by atomic mass is 9.70. The number of alkyl halides is 1. The molecule has 1 aromatic rings. The van der Waals surface area contributed by atoms with Crippen LogP contribution < -0.4 is 9.64 Å². The predicted molar refractivity (Wildman–Crippen MR) is 167 cm³/mol. The fraction of sp³-hybridized carbons (Fsp3) is 0.581. The van der Waals surface area contributed by atoms with Crippen molar-refractivity contribution < 1.29 is 24.2 Å². The van der Waals surface area contributed by atoms with Gasteiger partial charge >= 0.3 is 0 Å². The fourth-order valence-electron chi connectivity index (χ4n) is 6.81. The first-order valence-corrected chi connectivity index (χ1v) is 16.2. The van der Waals surface area contributed by atoms with Crippen molar-refractivity contribution in [1.82, 2.24) is 9.80 Å². The maximum absolute atomic E-state index is 14.5. The Morgan fingerprint density at radius 1 is 1.20 bits per heavy atom. The zero-order valence-corrected chi connectivity index (χ0v) is 26.8. The summed E-state index contributed by atoms with van der Waals surface area (Å²) in [5.41, 5.74) is 0.694. The average molecular weight is 649 g/mol. The van der Waals surface area contributed by atoms with Crippen molar-refractivity contribution in [2.24, 2.45) is 11.8 Å². The number of rotatable bonds is 13. The molecule has 0 radical (unpaired) electrons. The summed E-state index contributed by atoms with van der Waals surface area (Å²) in [6, 6.07) is 5.94. The van der Waals surface area contributed by atoms with Gasteiger partial charge < -0.3 is 24.5 Å². The molecule has 0 saturated carbocycles. The minimum atomic E-state index is -0.789. The summed E-state index contributed by atoms with van der Waals surface area (Å²) in [4.78, 5) is 48.3. The van der Waals surface area contributed by atoms with E-state index in [9.17, 15) is 19.5 Å². The number of hydrogen-bond acceptors (Lipinski definition) is 6. The third kappa shape index (κ3) is 5.36. The van der Waals surface area contributed by atoms with Crippen LogP contribution in [-0.4, -0.2) is 91.9 Å². The van der Waals surface area contributed by atoms with Crippen molar-refractivity contribution in [3.63, 3.8) is 0 Å². The number of aliphatic hydroxyl groups is 1. The molecule has 224 valence electrons. The molecule has 3 fully saturated rings. The largest absolute Gasteiger partial charge is 0.494 e. The molecule has 7 atom stereocenters. The number of hydrogen-bond donors (Lipinski definition) is 1. The highest BCUT2D eigenvalue weighted by atomic mass is 79.9. The van der Waals surface area contributed by atoms with Gasteiger partial charge in [0.1, 0.15) is 11.8 Å². The molecule has 3 unspecified atom stereocenters. The van der Waals surface area contributed by atoms with Crippen molar-refractivity contribution in [3.05, 3.63) is 49.6 Å². The smallest absolute Gasteiger partial charge is 0.247 e. The van der Waals surface area contributed by atoms with E-state index in [4.69, 9.17) is 4.74 Å². The van der Waals surface area contributed by atoms with Gasteiger partial charge in [0.15, 0.2) is 0 Å². The van der Waals surface area contributed by atoms with E-state index < -0.39 is 28.7 Å². The second-order valence-corrected chi connectivity index (χ2v) is 13.9. The predicted octanol–water partition coefficient (Wildman–Crippen LogP) is 4.26. The van der Waals surface area contributed by atoms with Gasteiger partial charge in [-0.2, -0.15) is 0 Å². The number of amides is 3. The number of ether oxygens (including phenoxy) is 1. The summed E-state index contributed by atoms with van der Waals surface area (Å²) in [5, 5.41) is 10.2. The minimum Gasteiger partial charge on any atom is -0.494 e. The molecule has 41 heavy (non-hydrogen) atoms. The molecule has 10 heteroatoms. The van der Waals surface area contributed by atoms with Gasteiger partial charge in [0.05, 0.1) is 35.8 Å². The summed E-state index contributed by atoms with van der Waals surface area (Å²) in [6.07, 6.45) is 4.46. The lowest BCUT2D eigenvalue weighted by Gasteiger charge is -2.41. The van der Waals surface area contributed by atoms with E-state index in [2.05, 4.69) is 29.1 Å². The lowest BCUT2D eigenvalue weighted by molar-refractivity contribution is -0.146. The van der Waals surface area contributed by atoms with Crippen LogP contribution in [0.15, 0.2) is 49.6 Å². The Morgan fingerprint density at radius 3 is 2.39 bits per heavy atom. The molecular formula is C31H42BrN3O5S. The van der Waals surface area contributed by atoms with Gasteiger partial charge in [-0.05, 0) is 57.9 Å². The molecule has 3 heterocycles. The number of fused-ring (bicyclic) bond motifs is 1. The first-order chi connectivity index (χ1) is 19.6. The number of carbonyl (C=O) groups excluding carboxylic acids is 3. The van der Waals surface area contributed by atoms with Crippen LogP contribution in [0.4, 0.5) is 5.69 Å². The van der Waals surface area contributed by atoms with Crippen LogP contribution in [0.3, 0.4) is 0 Å². The standard InChI is InChI=1S/C31H42BrN3O5S/c1-7-15-33(19(5)6)30(39)27-31-17-23(32)26(41-31)24(25(31)29(38)35(27)20(9-3)18-36)28(37)34(16-8-2)21-11-13-22(14-12-21)40-10-4/h7-8,11-14,19-20,23-27,36H,1-2,9-10,15-18H2,3-6H3/t20-,23?,24-,25-,26-,27?,31?/m0/s1. The Morgan fingerprint density at radius 2 is 1.85 bits per heavy atom. The van der Waals surface area contributed by atoms with Gasteiger partial charge in [0.25, 0.3) is 0 Å². The molecule has 1 N–H and O–H groups in total. The summed E-state index contributed by atoms with van der Waals surface area (Å²) < 4.78 is 4.79. The van der Waals surface area contributed by atoms with E-state index in [1.54, 1.807) is 38.6 Å². The highest BCUT2D eigenvalue weighted by Crippen LogP contribution is 2.68. The van der Waals surface area contributed by atoms with E-state index in [1.165, 1.54) is 0 Å². The molecule has 2 bridgehead atoms. The van der Waals surface area contributed by atoms with Gasteiger partial charge in [0.2, 0.25) is 17.7 Å². The Hall–Kier alpha value is -2.30. The van der Waals surface area contributed by atoms with Crippen molar-refractivity contribution in [2.75, 3.05) is 31.2 Å². The van der Waals surface area contributed by atoms with E-state index in [0.29, 0.717) is 37.4 Å². The van der Waals surface area contributed by atoms with Crippen molar-refractivity contribution in [1.29, 1.82) is 0 Å². The molecule has 3 aliphatic heterocycles. The molecule has 1 aromatic carbocycles. The Balaban J connectivity index is 1.79. The molecule has 3 saturated heterocycles. The average Bonchev–Trinajstić information content (AvgIpc) is 3.54. The third-order valence-electron chi connectivity index (χ3n) is 8.59. The van der Waals surface area contributed by atoms with E-state index in [0.717, 1.165) is 0 Å². The number of benzene rings is 1. The number of thioether (sulfide) groups is 1. The zero-order chi connectivity index (χ0) is 30.1. The molecule has 0 aromatic heterocycles. The topological polar surface area (TPSA) is 90.4 Å². The van der Waals surface area contributed by atoms with Gasteiger partial charge in [-0.3, -0.25) is 14.4 Å². The van der Waals surface area contributed by atoms with Crippen molar-refractivity contribution >= 4 is 51.1 Å². The fourth-order valence-corrected chi connectivity index (χ4v) is 10.4. The highest BCUT2D eigenvalue weighted by Gasteiger charge is 2.76. The second-order valence-electron chi connectivity index (χ2n) is 11.2. The van der Waals surface area contributed by atoms with E-state index >= 15 is 0 Å². The molecule has 4 rings (SSSR count). The summed E-state index contributed by atoms with van der Waals surface area (Å²) in [7, 11) is 0. The van der Waals surface area contributed by atoms with Crippen LogP contribution in [-0.2, 0) is 14.4 Å². The Bertz CT molecular complexity index is 1160. The van der Waals surface area contributed by atoms with E-state index in [-0.39, 0.29) is 47.0 Å². The summed E-state index contributed by atoms with van der Waals surface area (Å²) >= 11 is 5.45. The Kier molecular flexibility index (Phi) is 9.96. The number of anilines is 1. The van der Waals surface area contributed by atoms with Crippen molar-refractivity contribution in [3.8, 4) is 5.75 Å². The van der Waals surface area contributed by atoms with Crippen molar-refractivity contribution in [2.45, 2.75) is 73.5 Å². The molecule has 3 amide bonds. The zero-order valence-electron chi connectivity index (χ0n) is 24.4. The first-order valence-electron chi connectivity index (χ1n) is 14.4.